The molecule has 0 N–H and O–H groups in total. The van der Waals surface area contributed by atoms with Crippen LogP contribution in [0.3, 0.4) is 0 Å². The van der Waals surface area contributed by atoms with E-state index >= 15 is 0 Å². The Hall–Kier alpha value is -0.590. The van der Waals surface area contributed by atoms with Crippen molar-refractivity contribution in [3.8, 4) is 0 Å². The van der Waals surface area contributed by atoms with Crippen molar-refractivity contribution >= 4 is 5.78 Å². The maximum Gasteiger partial charge on any atom is 0.159 e. The van der Waals surface area contributed by atoms with Crippen molar-refractivity contribution in [2.24, 2.45) is 5.41 Å². The second kappa shape index (κ2) is 20.6. The highest BCUT2D eigenvalue weighted by atomic mass is 16.1. The largest absolute Gasteiger partial charge is 0.295 e. The lowest BCUT2D eigenvalue weighted by Gasteiger charge is -2.36. The predicted molar refractivity (Wildman–Crippen MR) is 153 cm³/mol. The SMILES string of the molecule is CCCCCCCCCC1=C(CCCCCCCC)C(=O)CC(C)(CCCCCCCCC)C1. The molecule has 0 aromatic carbocycles. The van der Waals surface area contributed by atoms with Crippen molar-refractivity contribution in [1.82, 2.24) is 0 Å². The molecule has 0 fully saturated rings. The van der Waals surface area contributed by atoms with Crippen molar-refractivity contribution < 1.29 is 4.79 Å². The minimum atomic E-state index is 0.224. The van der Waals surface area contributed by atoms with Crippen LogP contribution in [0.5, 0.6) is 0 Å². The molecule has 1 rings (SSSR count). The van der Waals surface area contributed by atoms with Gasteiger partial charge in [0, 0.05) is 6.42 Å². The molecule has 0 amide bonds. The van der Waals surface area contributed by atoms with E-state index in [1.54, 1.807) is 5.57 Å². The van der Waals surface area contributed by atoms with Crippen LogP contribution in [0.15, 0.2) is 11.1 Å². The Morgan fingerprint density at radius 2 is 0.941 bits per heavy atom. The van der Waals surface area contributed by atoms with Gasteiger partial charge in [0.25, 0.3) is 0 Å². The number of carbonyl (C=O) groups is 1. The molecule has 0 aliphatic heterocycles. The predicted octanol–water partition coefficient (Wildman–Crippen LogP) is 11.7. The van der Waals surface area contributed by atoms with Crippen molar-refractivity contribution in [3.05, 3.63) is 11.1 Å². The Bertz CT molecular complexity index is 531. The van der Waals surface area contributed by atoms with Gasteiger partial charge in [0.05, 0.1) is 0 Å². The number of rotatable bonds is 23. The zero-order valence-corrected chi connectivity index (χ0v) is 24.1. The smallest absolute Gasteiger partial charge is 0.159 e. The zero-order valence-electron chi connectivity index (χ0n) is 24.1. The first kappa shape index (κ1) is 31.4. The van der Waals surface area contributed by atoms with Gasteiger partial charge in [0.1, 0.15) is 0 Å². The van der Waals surface area contributed by atoms with Crippen LogP contribution in [0.1, 0.15) is 188 Å². The van der Waals surface area contributed by atoms with Gasteiger partial charge in [-0.2, -0.15) is 0 Å². The second-order valence-electron chi connectivity index (χ2n) is 11.9. The fourth-order valence-corrected chi connectivity index (χ4v) is 5.99. The number of Topliss-reactive ketones (excluding diaryl/α,β-unsaturated/α-hetero) is 1. The van der Waals surface area contributed by atoms with E-state index in [1.807, 2.05) is 0 Å². The number of unbranched alkanes of at least 4 members (excludes halogenated alkanes) is 17. The third kappa shape index (κ3) is 14.7. The van der Waals surface area contributed by atoms with Gasteiger partial charge in [-0.15, -0.1) is 0 Å². The van der Waals surface area contributed by atoms with E-state index in [2.05, 4.69) is 27.7 Å². The summed E-state index contributed by atoms with van der Waals surface area (Å²) in [5.74, 6) is 0.517. The summed E-state index contributed by atoms with van der Waals surface area (Å²) in [6.07, 6.45) is 32.5. The van der Waals surface area contributed by atoms with Gasteiger partial charge in [-0.3, -0.25) is 4.79 Å². The van der Waals surface area contributed by atoms with Crippen molar-refractivity contribution in [2.45, 2.75) is 188 Å². The Balaban J connectivity index is 2.57. The summed E-state index contributed by atoms with van der Waals surface area (Å²) in [5.41, 5.74) is 3.07. The maximum absolute atomic E-state index is 13.3. The molecule has 0 heterocycles. The van der Waals surface area contributed by atoms with E-state index in [1.165, 1.54) is 153 Å². The molecular formula is C33H62O. The Kier molecular flexibility index (Phi) is 19.0. The number of carbonyl (C=O) groups excluding carboxylic acids is 1. The fraction of sp³-hybridized carbons (Fsp3) is 0.909. The monoisotopic (exact) mass is 474 g/mol. The van der Waals surface area contributed by atoms with E-state index in [0.29, 0.717) is 5.78 Å². The summed E-state index contributed by atoms with van der Waals surface area (Å²) in [4.78, 5) is 13.3. The molecule has 1 heteroatoms. The number of allylic oxidation sites excluding steroid dienone is 2. The van der Waals surface area contributed by atoms with Gasteiger partial charge in [-0.25, -0.2) is 0 Å². The van der Waals surface area contributed by atoms with Crippen molar-refractivity contribution in [3.63, 3.8) is 0 Å². The lowest BCUT2D eigenvalue weighted by atomic mass is 9.68. The molecule has 0 aromatic heterocycles. The normalized spacial score (nSPS) is 18.8. The second-order valence-corrected chi connectivity index (χ2v) is 11.9. The topological polar surface area (TPSA) is 17.1 Å². The summed E-state index contributed by atoms with van der Waals surface area (Å²) in [7, 11) is 0. The fourth-order valence-electron chi connectivity index (χ4n) is 5.99. The molecule has 1 aliphatic rings. The molecule has 0 aromatic rings. The van der Waals surface area contributed by atoms with Crippen LogP contribution in [0.2, 0.25) is 0 Å². The summed E-state index contributed by atoms with van der Waals surface area (Å²) in [6, 6.07) is 0. The highest BCUT2D eigenvalue weighted by Gasteiger charge is 2.35. The number of hydrogen-bond donors (Lipinski definition) is 0. The van der Waals surface area contributed by atoms with Gasteiger partial charge >= 0.3 is 0 Å². The Labute approximate surface area is 215 Å². The van der Waals surface area contributed by atoms with Crippen LogP contribution in [-0.2, 0) is 4.79 Å². The van der Waals surface area contributed by atoms with E-state index in [9.17, 15) is 4.79 Å². The van der Waals surface area contributed by atoms with Gasteiger partial charge in [0.15, 0.2) is 5.78 Å². The molecule has 1 nitrogen and oxygen atoms in total. The van der Waals surface area contributed by atoms with E-state index < -0.39 is 0 Å². The van der Waals surface area contributed by atoms with Crippen LogP contribution in [-0.4, -0.2) is 5.78 Å². The number of hydrogen-bond acceptors (Lipinski definition) is 1. The molecule has 200 valence electrons. The van der Waals surface area contributed by atoms with Gasteiger partial charge in [-0.1, -0.05) is 149 Å². The molecule has 1 unspecified atom stereocenters. The average molecular weight is 475 g/mol. The maximum atomic E-state index is 13.3. The third-order valence-corrected chi connectivity index (χ3v) is 8.24. The van der Waals surface area contributed by atoms with Gasteiger partial charge in [0.2, 0.25) is 0 Å². The van der Waals surface area contributed by atoms with Crippen LogP contribution < -0.4 is 0 Å². The summed E-state index contributed by atoms with van der Waals surface area (Å²) >= 11 is 0. The van der Waals surface area contributed by atoms with Crippen LogP contribution in [0, 0.1) is 5.41 Å². The van der Waals surface area contributed by atoms with E-state index in [0.717, 1.165) is 12.8 Å². The molecule has 0 spiro atoms. The summed E-state index contributed by atoms with van der Waals surface area (Å²) in [5, 5.41) is 0. The van der Waals surface area contributed by atoms with Crippen LogP contribution in [0.25, 0.3) is 0 Å². The van der Waals surface area contributed by atoms with Crippen molar-refractivity contribution in [2.75, 3.05) is 0 Å². The van der Waals surface area contributed by atoms with E-state index in [-0.39, 0.29) is 5.41 Å². The third-order valence-electron chi connectivity index (χ3n) is 8.24. The molecule has 34 heavy (non-hydrogen) atoms. The summed E-state index contributed by atoms with van der Waals surface area (Å²) in [6.45, 7) is 9.29. The molecule has 1 atom stereocenters. The van der Waals surface area contributed by atoms with Gasteiger partial charge in [-0.05, 0) is 49.5 Å². The van der Waals surface area contributed by atoms with Crippen LogP contribution in [0.4, 0.5) is 0 Å². The molecule has 0 saturated carbocycles. The lowest BCUT2D eigenvalue weighted by molar-refractivity contribution is -0.118. The lowest BCUT2D eigenvalue weighted by Crippen LogP contribution is -2.28. The zero-order chi connectivity index (χ0) is 24.9. The first-order valence-electron chi connectivity index (χ1n) is 15.8. The highest BCUT2D eigenvalue weighted by molar-refractivity contribution is 5.97. The average Bonchev–Trinajstić information content (AvgIpc) is 2.81. The molecule has 1 aliphatic carbocycles. The molecule has 0 saturated heterocycles. The molecule has 0 radical (unpaired) electrons. The standard InChI is InChI=1S/C33H62O/c1-5-8-11-14-17-19-22-25-30-28-33(4,27-24-21-18-15-12-9-6-2)29-32(34)31(30)26-23-20-16-13-10-7-3/h5-29H2,1-4H3. The van der Waals surface area contributed by atoms with Crippen molar-refractivity contribution in [1.29, 1.82) is 0 Å². The first-order valence-corrected chi connectivity index (χ1v) is 15.8. The molecule has 0 bridgehead atoms. The number of ketones is 1. The quantitative estimate of drug-likeness (QED) is 0.135. The minimum absolute atomic E-state index is 0.224. The Morgan fingerprint density at radius 3 is 1.44 bits per heavy atom. The highest BCUT2D eigenvalue weighted by Crippen LogP contribution is 2.44. The Morgan fingerprint density at radius 1 is 0.529 bits per heavy atom. The van der Waals surface area contributed by atoms with E-state index in [4.69, 9.17) is 0 Å². The van der Waals surface area contributed by atoms with Crippen LogP contribution >= 0.6 is 0 Å². The minimum Gasteiger partial charge on any atom is -0.295 e. The summed E-state index contributed by atoms with van der Waals surface area (Å²) < 4.78 is 0. The van der Waals surface area contributed by atoms with Gasteiger partial charge < -0.3 is 0 Å². The molecular weight excluding hydrogens is 412 g/mol. The first-order chi connectivity index (χ1) is 16.6.